The predicted molar refractivity (Wildman–Crippen MR) is 111 cm³/mol. The van der Waals surface area contributed by atoms with Crippen molar-refractivity contribution in [3.8, 4) is 5.75 Å². The number of pyridine rings is 1. The first-order valence-corrected chi connectivity index (χ1v) is 9.51. The summed E-state index contributed by atoms with van der Waals surface area (Å²) in [6, 6.07) is 17.3. The lowest BCUT2D eigenvalue weighted by molar-refractivity contribution is -0.134. The molecule has 0 aliphatic rings. The van der Waals surface area contributed by atoms with Crippen LogP contribution in [0.5, 0.6) is 5.75 Å². The summed E-state index contributed by atoms with van der Waals surface area (Å²) in [6.45, 7) is 4.92. The van der Waals surface area contributed by atoms with Gasteiger partial charge in [-0.25, -0.2) is 0 Å². The van der Waals surface area contributed by atoms with Gasteiger partial charge in [0.05, 0.1) is 0 Å². The van der Waals surface area contributed by atoms with E-state index in [0.717, 1.165) is 22.3 Å². The number of amides is 1. The van der Waals surface area contributed by atoms with E-state index >= 15 is 0 Å². The molecule has 1 aromatic heterocycles. The first-order valence-electron chi connectivity index (χ1n) is 9.13. The zero-order valence-corrected chi connectivity index (χ0v) is 16.8. The molecule has 0 N–H and O–H groups in total. The highest BCUT2D eigenvalue weighted by Gasteiger charge is 2.17. The maximum atomic E-state index is 13.0. The van der Waals surface area contributed by atoms with E-state index in [1.165, 1.54) is 0 Å². The van der Waals surface area contributed by atoms with E-state index in [1.54, 1.807) is 29.4 Å². The second-order valence-electron chi connectivity index (χ2n) is 6.74. The summed E-state index contributed by atoms with van der Waals surface area (Å²) in [4.78, 5) is 18.9. The normalized spacial score (nSPS) is 10.5. The van der Waals surface area contributed by atoms with Gasteiger partial charge in [-0.05, 0) is 60.4 Å². The van der Waals surface area contributed by atoms with E-state index in [2.05, 4.69) is 18.0 Å². The topological polar surface area (TPSA) is 42.4 Å². The molecule has 3 aromatic rings. The van der Waals surface area contributed by atoms with Crippen molar-refractivity contribution in [2.45, 2.75) is 26.9 Å². The predicted octanol–water partition coefficient (Wildman–Crippen LogP) is 4.96. The Hall–Kier alpha value is -2.85. The Morgan fingerprint density at radius 1 is 1.04 bits per heavy atom. The second-order valence-corrected chi connectivity index (χ2v) is 7.17. The molecule has 0 atom stereocenters. The van der Waals surface area contributed by atoms with Gasteiger partial charge < -0.3 is 9.64 Å². The Morgan fingerprint density at radius 3 is 2.57 bits per heavy atom. The lowest BCUT2D eigenvalue weighted by Gasteiger charge is -2.24. The van der Waals surface area contributed by atoms with Crippen LogP contribution >= 0.6 is 11.6 Å². The number of aromatic nitrogens is 1. The lowest BCUT2D eigenvalue weighted by atomic mass is 10.1. The molecule has 3 rings (SSSR count). The molecule has 5 heteroatoms. The lowest BCUT2D eigenvalue weighted by Crippen LogP contribution is -2.34. The summed E-state index contributed by atoms with van der Waals surface area (Å²) in [5, 5.41) is 0.647. The van der Waals surface area contributed by atoms with Gasteiger partial charge in [-0.15, -0.1) is 0 Å². The van der Waals surface area contributed by atoms with E-state index in [0.29, 0.717) is 23.9 Å². The second kappa shape index (κ2) is 9.38. The Labute approximate surface area is 170 Å². The molecule has 0 radical (unpaired) electrons. The highest BCUT2D eigenvalue weighted by Crippen LogP contribution is 2.22. The number of halogens is 1. The zero-order valence-electron chi connectivity index (χ0n) is 16.1. The van der Waals surface area contributed by atoms with Crippen LogP contribution in [0.15, 0.2) is 67.0 Å². The first kappa shape index (κ1) is 19.9. The van der Waals surface area contributed by atoms with Crippen LogP contribution in [0.25, 0.3) is 0 Å². The van der Waals surface area contributed by atoms with Crippen molar-refractivity contribution in [3.63, 3.8) is 0 Å². The van der Waals surface area contributed by atoms with E-state index in [9.17, 15) is 4.79 Å². The number of hydrogen-bond acceptors (Lipinski definition) is 3. The van der Waals surface area contributed by atoms with Crippen LogP contribution in [-0.2, 0) is 17.9 Å². The monoisotopic (exact) mass is 394 g/mol. The molecule has 1 heterocycles. The van der Waals surface area contributed by atoms with E-state index in [1.807, 2.05) is 43.3 Å². The molecule has 0 aliphatic carbocycles. The fourth-order valence-electron chi connectivity index (χ4n) is 2.94. The average molecular weight is 395 g/mol. The molecule has 0 aliphatic heterocycles. The van der Waals surface area contributed by atoms with Crippen molar-refractivity contribution in [1.29, 1.82) is 0 Å². The fourth-order valence-corrected chi connectivity index (χ4v) is 3.17. The van der Waals surface area contributed by atoms with Crippen molar-refractivity contribution >= 4 is 17.5 Å². The third-order valence-electron chi connectivity index (χ3n) is 4.56. The molecule has 1 amide bonds. The summed E-state index contributed by atoms with van der Waals surface area (Å²) < 4.78 is 5.77. The van der Waals surface area contributed by atoms with E-state index in [-0.39, 0.29) is 12.5 Å². The highest BCUT2D eigenvalue weighted by molar-refractivity contribution is 6.30. The van der Waals surface area contributed by atoms with Gasteiger partial charge >= 0.3 is 0 Å². The number of aryl methyl sites for hydroxylation is 2. The van der Waals surface area contributed by atoms with Gasteiger partial charge in [0.15, 0.2) is 6.61 Å². The number of rotatable bonds is 7. The van der Waals surface area contributed by atoms with Gasteiger partial charge in [0.25, 0.3) is 5.91 Å². The minimum atomic E-state index is -0.0820. The van der Waals surface area contributed by atoms with Crippen LogP contribution in [0, 0.1) is 13.8 Å². The molecular formula is C23H23ClN2O2. The van der Waals surface area contributed by atoms with Gasteiger partial charge in [0.1, 0.15) is 5.75 Å². The maximum absolute atomic E-state index is 13.0. The molecule has 4 nitrogen and oxygen atoms in total. The van der Waals surface area contributed by atoms with E-state index < -0.39 is 0 Å². The number of benzene rings is 2. The molecule has 0 saturated heterocycles. The molecule has 0 fully saturated rings. The zero-order chi connectivity index (χ0) is 19.9. The number of nitrogens with zero attached hydrogens (tertiary/aromatic N) is 2. The summed E-state index contributed by atoms with van der Waals surface area (Å²) in [5.74, 6) is 0.580. The molecule has 0 unspecified atom stereocenters. The largest absolute Gasteiger partial charge is 0.483 e. The highest BCUT2D eigenvalue weighted by atomic mass is 35.5. The standard InChI is InChI=1S/C23H23ClN2O2/c1-17-6-3-4-8-20(17)15-26(14-19-7-5-11-25-13-19)23(27)16-28-22-10-9-21(24)12-18(22)2/h3-13H,14-16H2,1-2H3. The number of ether oxygens (including phenoxy) is 1. The average Bonchev–Trinajstić information content (AvgIpc) is 2.69. The smallest absolute Gasteiger partial charge is 0.261 e. The van der Waals surface area contributed by atoms with Crippen molar-refractivity contribution in [2.24, 2.45) is 0 Å². The van der Waals surface area contributed by atoms with Crippen molar-refractivity contribution in [3.05, 3.63) is 94.3 Å². The Bertz CT molecular complexity index is 944. The molecule has 144 valence electrons. The van der Waals surface area contributed by atoms with Crippen LogP contribution in [0.3, 0.4) is 0 Å². The Balaban J connectivity index is 1.75. The summed E-state index contributed by atoms with van der Waals surface area (Å²) in [5.41, 5.74) is 4.15. The number of carbonyl (C=O) groups excluding carboxylic acids is 1. The minimum absolute atomic E-state index is 0.0331. The summed E-state index contributed by atoms with van der Waals surface area (Å²) in [6.07, 6.45) is 3.51. The van der Waals surface area contributed by atoms with Gasteiger partial charge in [0, 0.05) is 30.5 Å². The quantitative estimate of drug-likeness (QED) is 0.568. The Kier molecular flexibility index (Phi) is 6.66. The fraction of sp³-hybridized carbons (Fsp3) is 0.217. The summed E-state index contributed by atoms with van der Waals surface area (Å²) >= 11 is 5.99. The van der Waals surface area contributed by atoms with Crippen LogP contribution in [-0.4, -0.2) is 22.4 Å². The molecule has 0 saturated carbocycles. The van der Waals surface area contributed by atoms with Crippen molar-refractivity contribution in [2.75, 3.05) is 6.61 Å². The van der Waals surface area contributed by atoms with Gasteiger partial charge in [-0.1, -0.05) is 41.9 Å². The number of hydrogen-bond donors (Lipinski definition) is 0. The van der Waals surface area contributed by atoms with Crippen LogP contribution in [0.1, 0.15) is 22.3 Å². The Morgan fingerprint density at radius 2 is 1.86 bits per heavy atom. The third-order valence-corrected chi connectivity index (χ3v) is 4.79. The van der Waals surface area contributed by atoms with Crippen LogP contribution < -0.4 is 4.74 Å². The van der Waals surface area contributed by atoms with Crippen molar-refractivity contribution in [1.82, 2.24) is 9.88 Å². The molecule has 0 spiro atoms. The number of carbonyl (C=O) groups is 1. The maximum Gasteiger partial charge on any atom is 0.261 e. The summed E-state index contributed by atoms with van der Waals surface area (Å²) in [7, 11) is 0. The van der Waals surface area contributed by atoms with Crippen LogP contribution in [0.2, 0.25) is 5.02 Å². The van der Waals surface area contributed by atoms with Gasteiger partial charge in [-0.3, -0.25) is 9.78 Å². The molecule has 28 heavy (non-hydrogen) atoms. The van der Waals surface area contributed by atoms with Crippen LogP contribution in [0.4, 0.5) is 0 Å². The van der Waals surface area contributed by atoms with Gasteiger partial charge in [-0.2, -0.15) is 0 Å². The van der Waals surface area contributed by atoms with Crippen molar-refractivity contribution < 1.29 is 9.53 Å². The molecule has 0 bridgehead atoms. The first-order chi connectivity index (χ1) is 13.5. The van der Waals surface area contributed by atoms with Gasteiger partial charge in [0.2, 0.25) is 0 Å². The SMILES string of the molecule is Cc1ccccc1CN(Cc1cccnc1)C(=O)COc1ccc(Cl)cc1C. The third kappa shape index (κ3) is 5.33. The van der Waals surface area contributed by atoms with E-state index in [4.69, 9.17) is 16.3 Å². The molecule has 2 aromatic carbocycles. The molecular weight excluding hydrogens is 372 g/mol. The minimum Gasteiger partial charge on any atom is -0.483 e.